The molecular formula is C14H16F4N2O2. The Labute approximate surface area is 124 Å². The van der Waals surface area contributed by atoms with Gasteiger partial charge < -0.3 is 15.3 Å². The average Bonchev–Trinajstić information content (AvgIpc) is 3.23. The Kier molecular flexibility index (Phi) is 4.60. The van der Waals surface area contributed by atoms with Gasteiger partial charge in [0.25, 0.3) is 0 Å². The highest BCUT2D eigenvalue weighted by molar-refractivity contribution is 5.89. The highest BCUT2D eigenvalue weighted by Crippen LogP contribution is 2.34. The largest absolute Gasteiger partial charge is 0.419 e. The third-order valence-corrected chi connectivity index (χ3v) is 3.50. The molecule has 2 amide bonds. The molecule has 1 unspecified atom stereocenters. The molecule has 0 aromatic heterocycles. The number of alkyl halides is 3. The number of anilines is 1. The van der Waals surface area contributed by atoms with Gasteiger partial charge in [-0.25, -0.2) is 9.18 Å². The van der Waals surface area contributed by atoms with Crippen LogP contribution in [0.5, 0.6) is 0 Å². The normalized spacial score (nSPS) is 16.3. The van der Waals surface area contributed by atoms with Crippen LogP contribution in [-0.2, 0) is 6.18 Å². The topological polar surface area (TPSA) is 52.6 Å². The molecule has 1 atom stereocenters. The summed E-state index contributed by atoms with van der Waals surface area (Å²) in [4.78, 5) is 13.0. The number of nitrogens with zero attached hydrogens (tertiary/aromatic N) is 1. The number of rotatable bonds is 4. The molecule has 0 radical (unpaired) electrons. The van der Waals surface area contributed by atoms with Crippen LogP contribution in [0, 0.1) is 11.7 Å². The molecule has 0 bridgehead atoms. The lowest BCUT2D eigenvalue weighted by molar-refractivity contribution is -0.139. The molecule has 1 aromatic carbocycles. The van der Waals surface area contributed by atoms with Gasteiger partial charge >= 0.3 is 12.2 Å². The smallest absolute Gasteiger partial charge is 0.391 e. The van der Waals surface area contributed by atoms with Crippen LogP contribution in [-0.4, -0.2) is 35.7 Å². The summed E-state index contributed by atoms with van der Waals surface area (Å²) in [6.07, 6.45) is -3.67. The average molecular weight is 320 g/mol. The first-order valence-electron chi connectivity index (χ1n) is 6.75. The molecule has 1 aliphatic rings. The maximum absolute atomic E-state index is 13.2. The van der Waals surface area contributed by atoms with Gasteiger partial charge in [-0.15, -0.1) is 0 Å². The summed E-state index contributed by atoms with van der Waals surface area (Å²) in [7, 11) is 1.43. The van der Waals surface area contributed by atoms with Gasteiger partial charge in [0.05, 0.1) is 11.7 Å². The maximum Gasteiger partial charge on any atom is 0.419 e. The van der Waals surface area contributed by atoms with Crippen molar-refractivity contribution in [2.45, 2.75) is 25.1 Å². The van der Waals surface area contributed by atoms with E-state index in [9.17, 15) is 27.5 Å². The van der Waals surface area contributed by atoms with Crippen LogP contribution >= 0.6 is 0 Å². The third kappa shape index (κ3) is 4.09. The fourth-order valence-corrected chi connectivity index (χ4v) is 2.03. The molecule has 1 aromatic rings. The molecule has 8 heteroatoms. The maximum atomic E-state index is 13.2. The lowest BCUT2D eigenvalue weighted by Gasteiger charge is -2.21. The summed E-state index contributed by atoms with van der Waals surface area (Å²) >= 11 is 0. The minimum atomic E-state index is -4.83. The van der Waals surface area contributed by atoms with Crippen LogP contribution in [0.4, 0.5) is 28.0 Å². The summed E-state index contributed by atoms with van der Waals surface area (Å²) in [6.45, 7) is 0.0871. The number of carbonyl (C=O) groups is 1. The first kappa shape index (κ1) is 16.5. The summed E-state index contributed by atoms with van der Waals surface area (Å²) in [5, 5.41) is 12.0. The number of nitrogens with one attached hydrogen (secondary N) is 1. The van der Waals surface area contributed by atoms with Gasteiger partial charge in [-0.2, -0.15) is 13.2 Å². The molecule has 0 saturated heterocycles. The molecule has 2 rings (SSSR count). The van der Waals surface area contributed by atoms with Crippen LogP contribution < -0.4 is 5.32 Å². The molecule has 1 aliphatic carbocycles. The molecule has 122 valence electrons. The minimum Gasteiger partial charge on any atom is -0.391 e. The molecule has 2 N–H and O–H groups in total. The van der Waals surface area contributed by atoms with E-state index in [2.05, 4.69) is 5.32 Å². The Bertz CT molecular complexity index is 558. The number of halogens is 4. The van der Waals surface area contributed by atoms with E-state index in [0.717, 1.165) is 18.9 Å². The van der Waals surface area contributed by atoms with Crippen molar-refractivity contribution in [2.24, 2.45) is 5.92 Å². The second-order valence-electron chi connectivity index (χ2n) is 5.41. The molecule has 0 heterocycles. The van der Waals surface area contributed by atoms with Crippen LogP contribution in [0.2, 0.25) is 0 Å². The first-order valence-corrected chi connectivity index (χ1v) is 6.75. The van der Waals surface area contributed by atoms with E-state index >= 15 is 0 Å². The summed E-state index contributed by atoms with van der Waals surface area (Å²) in [6, 6.07) is 1.57. The number of benzene rings is 1. The quantitative estimate of drug-likeness (QED) is 0.838. The predicted molar refractivity (Wildman–Crippen MR) is 71.8 cm³/mol. The van der Waals surface area contributed by atoms with E-state index in [1.165, 1.54) is 11.9 Å². The highest BCUT2D eigenvalue weighted by Gasteiger charge is 2.34. The van der Waals surface area contributed by atoms with E-state index in [1.54, 1.807) is 0 Å². The number of aliphatic hydroxyl groups is 1. The zero-order valence-electron chi connectivity index (χ0n) is 11.8. The van der Waals surface area contributed by atoms with Gasteiger partial charge in [0, 0.05) is 19.3 Å². The van der Waals surface area contributed by atoms with E-state index in [-0.39, 0.29) is 18.2 Å². The lowest BCUT2D eigenvalue weighted by atomic mass is 10.2. The minimum absolute atomic E-state index is 0.0871. The van der Waals surface area contributed by atoms with Crippen molar-refractivity contribution in [1.29, 1.82) is 0 Å². The Hall–Kier alpha value is -1.83. The number of amides is 2. The van der Waals surface area contributed by atoms with Gasteiger partial charge in [0.1, 0.15) is 5.82 Å². The first-order chi connectivity index (χ1) is 10.2. The number of likely N-dealkylation sites (N-methyl/N-ethyl adjacent to an activating group) is 1. The molecule has 4 nitrogen and oxygen atoms in total. The lowest BCUT2D eigenvalue weighted by Crippen LogP contribution is -2.38. The second-order valence-corrected chi connectivity index (χ2v) is 5.41. The van der Waals surface area contributed by atoms with Crippen molar-refractivity contribution in [3.63, 3.8) is 0 Å². The monoisotopic (exact) mass is 320 g/mol. The van der Waals surface area contributed by atoms with Gasteiger partial charge in [-0.05, 0) is 37.0 Å². The Morgan fingerprint density at radius 2 is 2.09 bits per heavy atom. The molecule has 0 aliphatic heterocycles. The van der Waals surface area contributed by atoms with Gasteiger partial charge in [0.2, 0.25) is 0 Å². The van der Waals surface area contributed by atoms with Crippen molar-refractivity contribution >= 4 is 11.7 Å². The summed E-state index contributed by atoms with van der Waals surface area (Å²) in [5.74, 6) is -1.22. The van der Waals surface area contributed by atoms with Gasteiger partial charge in [-0.1, -0.05) is 0 Å². The molecular weight excluding hydrogens is 304 g/mol. The van der Waals surface area contributed by atoms with E-state index in [0.29, 0.717) is 12.1 Å². The number of carbonyl (C=O) groups excluding carboxylic acids is 1. The van der Waals surface area contributed by atoms with E-state index < -0.39 is 29.7 Å². The van der Waals surface area contributed by atoms with Crippen LogP contribution in [0.15, 0.2) is 18.2 Å². The highest BCUT2D eigenvalue weighted by atomic mass is 19.4. The van der Waals surface area contributed by atoms with Crippen LogP contribution in [0.25, 0.3) is 0 Å². The fourth-order valence-electron chi connectivity index (χ4n) is 2.03. The van der Waals surface area contributed by atoms with E-state index in [1.807, 2.05) is 0 Å². The number of aliphatic hydroxyl groups excluding tert-OH is 1. The standard InChI is InChI=1S/C14H16F4N2O2/c1-20(7-12(21)8-2-3-8)13(22)19-9-4-5-11(15)10(6-9)14(16,17)18/h4-6,8,12,21H,2-3,7H2,1H3,(H,19,22). The SMILES string of the molecule is CN(CC(O)C1CC1)C(=O)Nc1ccc(F)c(C(F)(F)F)c1. The Morgan fingerprint density at radius 1 is 1.45 bits per heavy atom. The number of hydrogen-bond donors (Lipinski definition) is 2. The summed E-state index contributed by atoms with van der Waals surface area (Å²) < 4.78 is 50.9. The fraction of sp³-hybridized carbons (Fsp3) is 0.500. The van der Waals surface area contributed by atoms with E-state index in [4.69, 9.17) is 0 Å². The van der Waals surface area contributed by atoms with Crippen molar-refractivity contribution in [2.75, 3.05) is 18.9 Å². The third-order valence-electron chi connectivity index (χ3n) is 3.50. The van der Waals surface area contributed by atoms with Crippen molar-refractivity contribution in [1.82, 2.24) is 4.90 Å². The van der Waals surface area contributed by atoms with Crippen molar-refractivity contribution < 1.29 is 27.5 Å². The molecule has 1 fully saturated rings. The Balaban J connectivity index is 2.01. The van der Waals surface area contributed by atoms with Gasteiger partial charge in [-0.3, -0.25) is 0 Å². The number of urea groups is 1. The predicted octanol–water partition coefficient (Wildman–Crippen LogP) is 3.08. The number of hydrogen-bond acceptors (Lipinski definition) is 2. The summed E-state index contributed by atoms with van der Waals surface area (Å²) in [5.41, 5.74) is -1.60. The Morgan fingerprint density at radius 3 is 2.64 bits per heavy atom. The van der Waals surface area contributed by atoms with Crippen LogP contribution in [0.1, 0.15) is 18.4 Å². The van der Waals surface area contributed by atoms with Crippen molar-refractivity contribution in [3.05, 3.63) is 29.6 Å². The zero-order valence-corrected chi connectivity index (χ0v) is 11.8. The van der Waals surface area contributed by atoms with Crippen LogP contribution in [0.3, 0.4) is 0 Å². The second kappa shape index (κ2) is 6.12. The molecule has 0 spiro atoms. The molecule has 22 heavy (non-hydrogen) atoms. The van der Waals surface area contributed by atoms with Gasteiger partial charge in [0.15, 0.2) is 0 Å². The van der Waals surface area contributed by atoms with Crippen molar-refractivity contribution in [3.8, 4) is 0 Å². The molecule has 1 saturated carbocycles. The zero-order chi connectivity index (χ0) is 16.5.